The van der Waals surface area contributed by atoms with Crippen LogP contribution in [0.3, 0.4) is 0 Å². The summed E-state index contributed by atoms with van der Waals surface area (Å²) in [5.41, 5.74) is 2.77. The minimum atomic E-state index is -0.526. The minimum absolute atomic E-state index is 0.208. The van der Waals surface area contributed by atoms with Gasteiger partial charge in [0.2, 0.25) is 0 Å². The summed E-state index contributed by atoms with van der Waals surface area (Å²) < 4.78 is 10.0. The first-order valence-electron chi connectivity index (χ1n) is 8.96. The van der Waals surface area contributed by atoms with Crippen molar-refractivity contribution >= 4 is 11.9 Å². The Balaban J connectivity index is 4.32. The highest BCUT2D eigenvalue weighted by Crippen LogP contribution is 2.44. The lowest BCUT2D eigenvalue weighted by atomic mass is 9.66. The number of carbonyl (C=O) groups is 2. The van der Waals surface area contributed by atoms with Crippen molar-refractivity contribution in [3.8, 4) is 0 Å². The van der Waals surface area contributed by atoms with E-state index < -0.39 is 11.9 Å². The van der Waals surface area contributed by atoms with E-state index in [1.807, 2.05) is 6.07 Å². The van der Waals surface area contributed by atoms with Gasteiger partial charge in [-0.15, -0.1) is 0 Å². The van der Waals surface area contributed by atoms with Crippen LogP contribution < -0.4 is 0 Å². The highest BCUT2D eigenvalue weighted by Gasteiger charge is 2.38. The van der Waals surface area contributed by atoms with Crippen LogP contribution in [0.15, 0.2) is 6.07 Å². The van der Waals surface area contributed by atoms with Crippen molar-refractivity contribution in [2.75, 3.05) is 14.2 Å². The van der Waals surface area contributed by atoms with Crippen molar-refractivity contribution in [1.82, 2.24) is 0 Å². The number of methoxy groups -OCH3 is 2. The number of esters is 2. The summed E-state index contributed by atoms with van der Waals surface area (Å²) in [6.07, 6.45) is 0. The zero-order valence-corrected chi connectivity index (χ0v) is 18.2. The summed E-state index contributed by atoms with van der Waals surface area (Å²) in [6, 6.07) is 1.81. The maximum absolute atomic E-state index is 12.7. The lowest BCUT2D eigenvalue weighted by molar-refractivity contribution is 0.0552. The summed E-state index contributed by atoms with van der Waals surface area (Å²) in [4.78, 5) is 25.3. The molecule has 0 fully saturated rings. The summed E-state index contributed by atoms with van der Waals surface area (Å²) in [6.45, 7) is 18.9. The molecule has 4 nitrogen and oxygen atoms in total. The van der Waals surface area contributed by atoms with Crippen LogP contribution in [0.2, 0.25) is 0 Å². The quantitative estimate of drug-likeness (QED) is 0.683. The molecule has 1 rings (SSSR count). The predicted octanol–water partition coefficient (Wildman–Crippen LogP) is 5.15. The smallest absolute Gasteiger partial charge is 0.339 e. The standard InChI is InChI=1S/C22H34O4/c1-20(2,3)14-12-13(18(23)25-10)15(19(24)26-11)17(22(7,8)9)16(14)21(4,5)6/h12H,1-11H3. The number of hydrogen-bond acceptors (Lipinski definition) is 4. The first kappa shape index (κ1) is 22.2. The maximum atomic E-state index is 12.7. The molecule has 0 aliphatic rings. The van der Waals surface area contributed by atoms with Gasteiger partial charge in [0.15, 0.2) is 0 Å². The Kier molecular flexibility index (Phi) is 6.02. The molecular formula is C22H34O4. The van der Waals surface area contributed by atoms with Gasteiger partial charge < -0.3 is 9.47 Å². The van der Waals surface area contributed by atoms with E-state index in [-0.39, 0.29) is 21.8 Å². The van der Waals surface area contributed by atoms with E-state index >= 15 is 0 Å². The second kappa shape index (κ2) is 7.05. The second-order valence-corrected chi connectivity index (χ2v) is 9.83. The molecule has 1 aromatic rings. The molecule has 26 heavy (non-hydrogen) atoms. The summed E-state index contributed by atoms with van der Waals surface area (Å²) in [5.74, 6) is -1.04. The Bertz CT molecular complexity index is 708. The van der Waals surface area contributed by atoms with Crippen LogP contribution in [0, 0.1) is 0 Å². The Morgan fingerprint density at radius 3 is 1.42 bits per heavy atom. The van der Waals surface area contributed by atoms with E-state index in [1.54, 1.807) is 0 Å². The molecule has 0 aliphatic heterocycles. The molecule has 0 amide bonds. The SMILES string of the molecule is COC(=O)c1cc(C(C)(C)C)c(C(C)(C)C)c(C(C)(C)C)c1C(=O)OC. The first-order valence-corrected chi connectivity index (χ1v) is 8.96. The molecule has 0 N–H and O–H groups in total. The lowest BCUT2D eigenvalue weighted by Crippen LogP contribution is -2.32. The Morgan fingerprint density at radius 2 is 1.12 bits per heavy atom. The maximum Gasteiger partial charge on any atom is 0.339 e. The molecule has 0 unspecified atom stereocenters. The molecule has 0 radical (unpaired) electrons. The summed E-state index contributed by atoms with van der Waals surface area (Å²) in [7, 11) is 2.67. The summed E-state index contributed by atoms with van der Waals surface area (Å²) in [5, 5.41) is 0. The van der Waals surface area contributed by atoms with Crippen LogP contribution in [0.4, 0.5) is 0 Å². The fraction of sp³-hybridized carbons (Fsp3) is 0.636. The monoisotopic (exact) mass is 362 g/mol. The van der Waals surface area contributed by atoms with E-state index in [0.717, 1.165) is 16.7 Å². The predicted molar refractivity (Wildman–Crippen MR) is 105 cm³/mol. The van der Waals surface area contributed by atoms with Crippen LogP contribution in [0.25, 0.3) is 0 Å². The topological polar surface area (TPSA) is 52.6 Å². The average molecular weight is 363 g/mol. The highest BCUT2D eigenvalue weighted by atomic mass is 16.5. The molecule has 0 spiro atoms. The van der Waals surface area contributed by atoms with E-state index in [0.29, 0.717) is 5.56 Å². The number of rotatable bonds is 2. The molecule has 1 aromatic carbocycles. The molecule has 0 bridgehead atoms. The van der Waals surface area contributed by atoms with Crippen molar-refractivity contribution in [2.45, 2.75) is 78.6 Å². The summed E-state index contributed by atoms with van der Waals surface area (Å²) >= 11 is 0. The fourth-order valence-electron chi connectivity index (χ4n) is 3.39. The van der Waals surface area contributed by atoms with Gasteiger partial charge in [-0.3, -0.25) is 0 Å². The number of hydrogen-bond donors (Lipinski definition) is 0. The molecule has 0 aliphatic carbocycles. The van der Waals surface area contributed by atoms with Gasteiger partial charge in [0.1, 0.15) is 0 Å². The van der Waals surface area contributed by atoms with E-state index in [2.05, 4.69) is 62.3 Å². The van der Waals surface area contributed by atoms with Crippen molar-refractivity contribution in [2.24, 2.45) is 0 Å². The fourth-order valence-corrected chi connectivity index (χ4v) is 3.39. The molecule has 0 saturated heterocycles. The van der Waals surface area contributed by atoms with Gasteiger partial charge in [-0.1, -0.05) is 62.3 Å². The number of benzene rings is 1. The van der Waals surface area contributed by atoms with Crippen molar-refractivity contribution in [3.63, 3.8) is 0 Å². The van der Waals surface area contributed by atoms with Gasteiger partial charge in [-0.2, -0.15) is 0 Å². The zero-order chi connectivity index (χ0) is 20.7. The van der Waals surface area contributed by atoms with Crippen LogP contribution in [-0.2, 0) is 25.7 Å². The van der Waals surface area contributed by atoms with Crippen LogP contribution in [0.5, 0.6) is 0 Å². The van der Waals surface area contributed by atoms with Crippen LogP contribution >= 0.6 is 0 Å². The number of ether oxygens (including phenoxy) is 2. The van der Waals surface area contributed by atoms with Gasteiger partial charge >= 0.3 is 11.9 Å². The average Bonchev–Trinajstić information content (AvgIpc) is 2.48. The third-order valence-corrected chi connectivity index (χ3v) is 4.43. The second-order valence-electron chi connectivity index (χ2n) is 9.83. The van der Waals surface area contributed by atoms with Gasteiger partial charge in [0, 0.05) is 0 Å². The van der Waals surface area contributed by atoms with Crippen LogP contribution in [0.1, 0.15) is 99.7 Å². The van der Waals surface area contributed by atoms with Crippen molar-refractivity contribution in [1.29, 1.82) is 0 Å². The molecule has 4 heteroatoms. The molecule has 0 atom stereocenters. The third kappa shape index (κ3) is 4.28. The largest absolute Gasteiger partial charge is 0.465 e. The van der Waals surface area contributed by atoms with Crippen molar-refractivity contribution in [3.05, 3.63) is 33.9 Å². The van der Waals surface area contributed by atoms with E-state index in [4.69, 9.17) is 9.47 Å². The van der Waals surface area contributed by atoms with E-state index in [9.17, 15) is 9.59 Å². The molecule has 0 heterocycles. The molecular weight excluding hydrogens is 328 g/mol. The highest BCUT2D eigenvalue weighted by molar-refractivity contribution is 6.05. The molecule has 0 aromatic heterocycles. The number of carbonyl (C=O) groups excluding carboxylic acids is 2. The molecule has 0 saturated carbocycles. The third-order valence-electron chi connectivity index (χ3n) is 4.43. The normalized spacial score (nSPS) is 12.7. The lowest BCUT2D eigenvalue weighted by Gasteiger charge is -2.38. The van der Waals surface area contributed by atoms with Crippen molar-refractivity contribution < 1.29 is 19.1 Å². The van der Waals surface area contributed by atoms with Gasteiger partial charge in [-0.05, 0) is 39.0 Å². The zero-order valence-electron chi connectivity index (χ0n) is 18.2. The Morgan fingerprint density at radius 1 is 0.692 bits per heavy atom. The molecule has 146 valence electrons. The Hall–Kier alpha value is -1.84. The van der Waals surface area contributed by atoms with Gasteiger partial charge in [0.05, 0.1) is 25.3 Å². The van der Waals surface area contributed by atoms with E-state index in [1.165, 1.54) is 14.2 Å². The van der Waals surface area contributed by atoms with Gasteiger partial charge in [0.25, 0.3) is 0 Å². The minimum Gasteiger partial charge on any atom is -0.465 e. The van der Waals surface area contributed by atoms with Crippen LogP contribution in [-0.4, -0.2) is 26.2 Å². The Labute approximate surface area is 158 Å². The van der Waals surface area contributed by atoms with Gasteiger partial charge in [-0.25, -0.2) is 9.59 Å². The first-order chi connectivity index (χ1) is 11.6.